The third-order valence-electron chi connectivity index (χ3n) is 6.34. The molecule has 0 amide bonds. The molecule has 161 valence electrons. The Morgan fingerprint density at radius 1 is 0.688 bits per heavy atom. The average molecular weight is 471 g/mol. The van der Waals surface area contributed by atoms with E-state index in [0.29, 0.717) is 5.54 Å². The zero-order valence-electron chi connectivity index (χ0n) is 19.8. The van der Waals surface area contributed by atoms with Crippen LogP contribution < -0.4 is 0 Å². The number of hydrogen-bond acceptors (Lipinski definition) is 0. The molecule has 0 aliphatic heterocycles. The molecule has 5 rings (SSSR count). The summed E-state index contributed by atoms with van der Waals surface area (Å²) in [6, 6.07) is 33.3. The van der Waals surface area contributed by atoms with E-state index in [1.54, 1.807) is 0 Å². The molecule has 0 aromatic heterocycles. The van der Waals surface area contributed by atoms with Crippen molar-refractivity contribution in [1.29, 1.82) is 0 Å². The van der Waals surface area contributed by atoms with Crippen molar-refractivity contribution in [1.82, 2.24) is 0 Å². The van der Waals surface area contributed by atoms with Gasteiger partial charge >= 0.3 is 21.7 Å². The SMILES string of the molecule is C[C@@H]([N-][Si](C)(C)C1c2ccccc2-c2ccccc21)c1cccc2ccccc12.[CH3-].[CH3-].[Ti+3]. The normalized spacial score (nSPS) is 13.2. The largest absolute Gasteiger partial charge is 3.00 e. The maximum atomic E-state index is 5.55. The Hall–Kier alpha value is -1.97. The minimum atomic E-state index is -1.98. The summed E-state index contributed by atoms with van der Waals surface area (Å²) in [5.74, 6) is 0. The topological polar surface area (TPSA) is 14.1 Å². The Morgan fingerprint density at radius 2 is 1.19 bits per heavy atom. The van der Waals surface area contributed by atoms with Gasteiger partial charge in [0.25, 0.3) is 0 Å². The van der Waals surface area contributed by atoms with Crippen molar-refractivity contribution < 1.29 is 21.7 Å². The van der Waals surface area contributed by atoms with Crippen LogP contribution in [0.3, 0.4) is 0 Å². The van der Waals surface area contributed by atoms with Gasteiger partial charge in [-0.1, -0.05) is 117 Å². The van der Waals surface area contributed by atoms with E-state index in [0.717, 1.165) is 0 Å². The van der Waals surface area contributed by atoms with Gasteiger partial charge in [-0.15, -0.1) is 6.04 Å². The molecule has 1 radical (unpaired) electrons. The Bertz CT molecular complexity index is 1150. The van der Waals surface area contributed by atoms with E-state index in [-0.39, 0.29) is 42.6 Å². The van der Waals surface area contributed by atoms with Crippen LogP contribution in [0.5, 0.6) is 0 Å². The first-order chi connectivity index (χ1) is 14.1. The molecule has 0 saturated carbocycles. The second kappa shape index (κ2) is 10.3. The second-order valence-electron chi connectivity index (χ2n) is 8.63. The molecule has 0 fully saturated rings. The Morgan fingerprint density at radius 3 is 1.81 bits per heavy atom. The zero-order valence-corrected chi connectivity index (χ0v) is 22.3. The Kier molecular flexibility index (Phi) is 8.47. The number of benzene rings is 4. The molecule has 1 nitrogen and oxygen atoms in total. The number of rotatable bonds is 4. The van der Waals surface area contributed by atoms with Gasteiger partial charge in [0.1, 0.15) is 0 Å². The summed E-state index contributed by atoms with van der Waals surface area (Å²) in [6.45, 7) is 7.12. The van der Waals surface area contributed by atoms with Crippen LogP contribution in [0, 0.1) is 14.9 Å². The summed E-state index contributed by atoms with van der Waals surface area (Å²) in [6.07, 6.45) is 0. The van der Waals surface area contributed by atoms with Gasteiger partial charge in [-0.2, -0.15) is 0 Å². The van der Waals surface area contributed by atoms with Crippen molar-refractivity contribution in [3.8, 4) is 11.1 Å². The van der Waals surface area contributed by atoms with Crippen LogP contribution in [0.1, 0.15) is 35.2 Å². The monoisotopic (exact) mass is 470 g/mol. The van der Waals surface area contributed by atoms with Gasteiger partial charge in [-0.25, -0.2) is 0 Å². The van der Waals surface area contributed by atoms with Crippen LogP contribution in [-0.2, 0) is 21.7 Å². The van der Waals surface area contributed by atoms with Crippen molar-refractivity contribution in [2.24, 2.45) is 0 Å². The van der Waals surface area contributed by atoms with E-state index in [1.807, 2.05) is 0 Å². The summed E-state index contributed by atoms with van der Waals surface area (Å²) >= 11 is 0. The van der Waals surface area contributed by atoms with E-state index >= 15 is 0 Å². The van der Waals surface area contributed by atoms with Crippen molar-refractivity contribution in [2.75, 3.05) is 0 Å². The Balaban J connectivity index is 0.00000121. The van der Waals surface area contributed by atoms with E-state index in [1.165, 1.54) is 38.6 Å². The van der Waals surface area contributed by atoms with Crippen LogP contribution in [0.2, 0.25) is 13.1 Å². The second-order valence-corrected chi connectivity index (χ2v) is 12.8. The van der Waals surface area contributed by atoms with Crippen molar-refractivity contribution in [3.05, 3.63) is 128 Å². The van der Waals surface area contributed by atoms with E-state index < -0.39 is 8.24 Å². The van der Waals surface area contributed by atoms with Gasteiger partial charge in [0.05, 0.1) is 0 Å². The molecule has 4 aromatic rings. The summed E-state index contributed by atoms with van der Waals surface area (Å²) in [5.41, 5.74) is 7.44. The molecular weight excluding hydrogens is 438 g/mol. The third kappa shape index (κ3) is 4.43. The summed E-state index contributed by atoms with van der Waals surface area (Å²) in [7, 11) is -1.98. The average Bonchev–Trinajstić information content (AvgIpc) is 3.08. The van der Waals surface area contributed by atoms with Gasteiger partial charge in [-0.05, 0) is 46.8 Å². The molecular formula is C29H32NSiTi. The first kappa shape index (κ1) is 26.3. The van der Waals surface area contributed by atoms with E-state index in [2.05, 4.69) is 111 Å². The molecule has 1 aliphatic carbocycles. The quantitative estimate of drug-likeness (QED) is 0.209. The fourth-order valence-corrected chi connectivity index (χ4v) is 8.49. The van der Waals surface area contributed by atoms with Crippen molar-refractivity contribution in [3.63, 3.8) is 0 Å². The minimum Gasteiger partial charge on any atom is -0.658 e. The molecule has 0 N–H and O–H groups in total. The molecule has 32 heavy (non-hydrogen) atoms. The molecule has 0 heterocycles. The third-order valence-corrected chi connectivity index (χ3v) is 9.43. The smallest absolute Gasteiger partial charge is 0.658 e. The summed E-state index contributed by atoms with van der Waals surface area (Å²) in [4.78, 5) is 5.55. The van der Waals surface area contributed by atoms with Crippen LogP contribution in [-0.4, -0.2) is 8.24 Å². The zero-order chi connectivity index (χ0) is 20.0. The van der Waals surface area contributed by atoms with Crippen molar-refractivity contribution >= 4 is 19.0 Å². The van der Waals surface area contributed by atoms with Gasteiger partial charge < -0.3 is 19.8 Å². The molecule has 0 bridgehead atoms. The fourth-order valence-electron chi connectivity index (χ4n) is 5.17. The predicted molar refractivity (Wildman–Crippen MR) is 140 cm³/mol. The molecule has 0 spiro atoms. The maximum absolute atomic E-state index is 5.55. The van der Waals surface area contributed by atoms with E-state index in [9.17, 15) is 0 Å². The van der Waals surface area contributed by atoms with Gasteiger partial charge in [0.15, 0.2) is 0 Å². The van der Waals surface area contributed by atoms with Crippen LogP contribution in [0.4, 0.5) is 0 Å². The minimum absolute atomic E-state index is 0. The standard InChI is InChI=1S/C27H26NSi.2CH3.Ti/c1-19(21-18-10-12-20-11-4-5-13-22(20)21)28-29(2,3)27-25-16-8-6-14-23(25)24-15-7-9-17-26(24)27;;;/h4-19,27H,1-3H3;2*1H3;/q3*-1;+3/t19-;;;/m1.../s1. The Labute approximate surface area is 210 Å². The number of nitrogens with zero attached hydrogens (tertiary/aromatic N) is 1. The summed E-state index contributed by atoms with van der Waals surface area (Å²) < 4.78 is 0. The molecule has 3 heteroatoms. The fraction of sp³-hybridized carbons (Fsp3) is 0.172. The van der Waals surface area contributed by atoms with Crippen LogP contribution in [0.25, 0.3) is 26.9 Å². The molecule has 1 aliphatic rings. The van der Waals surface area contributed by atoms with E-state index in [4.69, 9.17) is 4.98 Å². The molecule has 0 saturated heterocycles. The maximum Gasteiger partial charge on any atom is 3.00 e. The first-order valence-corrected chi connectivity index (χ1v) is 13.5. The molecule has 4 aromatic carbocycles. The molecule has 0 unspecified atom stereocenters. The first-order valence-electron chi connectivity index (χ1n) is 10.4. The summed E-state index contributed by atoms with van der Waals surface area (Å²) in [5, 5.41) is 2.62. The van der Waals surface area contributed by atoms with Crippen LogP contribution >= 0.6 is 0 Å². The van der Waals surface area contributed by atoms with Gasteiger partial charge in [0.2, 0.25) is 0 Å². The van der Waals surface area contributed by atoms with Gasteiger partial charge in [0, 0.05) is 0 Å². The van der Waals surface area contributed by atoms with Crippen molar-refractivity contribution in [2.45, 2.75) is 31.6 Å². The number of hydrogen-bond donors (Lipinski definition) is 0. The predicted octanol–water partition coefficient (Wildman–Crippen LogP) is 8.73. The number of fused-ring (bicyclic) bond motifs is 4. The molecule has 1 atom stereocenters. The van der Waals surface area contributed by atoms with Crippen LogP contribution in [0.15, 0.2) is 91.0 Å². The van der Waals surface area contributed by atoms with Gasteiger partial charge in [-0.3, -0.25) is 0 Å².